The molecular formula is C32H30N2O4. The number of fused-ring (bicyclic) bond motifs is 5. The summed E-state index contributed by atoms with van der Waals surface area (Å²) in [6, 6.07) is 26.4. The van der Waals surface area contributed by atoms with Gasteiger partial charge in [-0.3, -0.25) is 4.90 Å². The van der Waals surface area contributed by atoms with Crippen LogP contribution in [0.5, 0.6) is 0 Å². The van der Waals surface area contributed by atoms with Gasteiger partial charge < -0.3 is 14.6 Å². The van der Waals surface area contributed by atoms with Crippen molar-refractivity contribution in [1.29, 1.82) is 5.26 Å². The number of ether oxygens (including phenoxy) is 2. The van der Waals surface area contributed by atoms with Gasteiger partial charge in [0.1, 0.15) is 6.61 Å². The molecule has 0 aromatic heterocycles. The molecule has 1 saturated carbocycles. The number of hydrogen-bond donors (Lipinski definition) is 1. The van der Waals surface area contributed by atoms with Crippen LogP contribution in [-0.4, -0.2) is 48.0 Å². The number of carbonyl (C=O) groups excluding carboxylic acids is 1. The smallest absolute Gasteiger partial charge is 0.410 e. The summed E-state index contributed by atoms with van der Waals surface area (Å²) in [4.78, 5) is 15.3. The first-order chi connectivity index (χ1) is 18.5. The zero-order valence-electron chi connectivity index (χ0n) is 21.2. The Morgan fingerprint density at radius 3 is 2.03 bits per heavy atom. The first-order valence-corrected chi connectivity index (χ1v) is 13.5. The average molecular weight is 507 g/mol. The van der Waals surface area contributed by atoms with E-state index in [1.807, 2.05) is 48.5 Å². The lowest BCUT2D eigenvalue weighted by molar-refractivity contribution is -0.136. The molecule has 7 rings (SSSR count). The lowest BCUT2D eigenvalue weighted by atomic mass is 9.76. The van der Waals surface area contributed by atoms with Crippen LogP contribution in [0, 0.1) is 11.3 Å². The Morgan fingerprint density at radius 1 is 0.921 bits per heavy atom. The van der Waals surface area contributed by atoms with Crippen molar-refractivity contribution in [2.24, 2.45) is 0 Å². The summed E-state index contributed by atoms with van der Waals surface area (Å²) in [5.41, 5.74) is 5.22. The lowest BCUT2D eigenvalue weighted by Crippen LogP contribution is -2.62. The second-order valence-corrected chi connectivity index (χ2v) is 11.3. The van der Waals surface area contributed by atoms with E-state index in [2.05, 4.69) is 30.3 Å². The van der Waals surface area contributed by atoms with Gasteiger partial charge in [0.05, 0.1) is 42.4 Å². The summed E-state index contributed by atoms with van der Waals surface area (Å²) in [6.45, 7) is 1.02. The van der Waals surface area contributed by atoms with Gasteiger partial charge in [0, 0.05) is 18.8 Å². The Kier molecular flexibility index (Phi) is 5.36. The summed E-state index contributed by atoms with van der Waals surface area (Å²) in [5, 5.41) is 21.3. The molecule has 6 nitrogen and oxygen atoms in total. The van der Waals surface area contributed by atoms with Crippen molar-refractivity contribution in [3.63, 3.8) is 0 Å². The number of piperidine rings is 1. The molecule has 0 radical (unpaired) electrons. The molecule has 2 aliphatic carbocycles. The maximum Gasteiger partial charge on any atom is 0.410 e. The SMILES string of the molecule is N#CC1(c2ccc(C3(O)CC4COCC(C3)N4C(=O)OCC3c4ccccc4-c4ccccc43)cc2)CC1. The minimum atomic E-state index is -1.05. The molecule has 3 fully saturated rings. The third kappa shape index (κ3) is 3.65. The van der Waals surface area contributed by atoms with Crippen molar-refractivity contribution in [2.75, 3.05) is 19.8 Å². The highest BCUT2D eigenvalue weighted by Crippen LogP contribution is 2.49. The molecule has 192 valence electrons. The van der Waals surface area contributed by atoms with Gasteiger partial charge in [-0.2, -0.15) is 5.26 Å². The Hall–Kier alpha value is -3.66. The van der Waals surface area contributed by atoms with Gasteiger partial charge in [-0.05, 0) is 46.2 Å². The fourth-order valence-corrected chi connectivity index (χ4v) is 6.87. The van der Waals surface area contributed by atoms with Crippen LogP contribution in [0.2, 0.25) is 0 Å². The number of rotatable bonds is 4. The molecule has 2 saturated heterocycles. The van der Waals surface area contributed by atoms with Crippen LogP contribution < -0.4 is 0 Å². The van der Waals surface area contributed by atoms with Crippen LogP contribution in [0.25, 0.3) is 11.1 Å². The largest absolute Gasteiger partial charge is 0.448 e. The molecule has 4 aliphatic rings. The number of morpholine rings is 1. The van der Waals surface area contributed by atoms with E-state index < -0.39 is 5.60 Å². The van der Waals surface area contributed by atoms with E-state index in [9.17, 15) is 15.2 Å². The fourth-order valence-electron chi connectivity index (χ4n) is 6.87. The zero-order chi connectivity index (χ0) is 25.9. The molecule has 2 bridgehead atoms. The summed E-state index contributed by atoms with van der Waals surface area (Å²) in [5.74, 6) is 0.00542. The van der Waals surface area contributed by atoms with Crippen molar-refractivity contribution < 1.29 is 19.4 Å². The summed E-state index contributed by atoms with van der Waals surface area (Å²) in [6.07, 6.45) is 2.22. The molecule has 0 spiro atoms. The van der Waals surface area contributed by atoms with Crippen LogP contribution in [0.15, 0.2) is 72.8 Å². The van der Waals surface area contributed by atoms with E-state index in [4.69, 9.17) is 9.47 Å². The number of amides is 1. The molecular weight excluding hydrogens is 476 g/mol. The van der Waals surface area contributed by atoms with E-state index in [-0.39, 0.29) is 36.1 Å². The highest BCUT2D eigenvalue weighted by Gasteiger charge is 2.50. The minimum absolute atomic E-state index is 0.00542. The number of aliphatic hydroxyl groups is 1. The Balaban J connectivity index is 1.08. The van der Waals surface area contributed by atoms with Crippen molar-refractivity contribution in [3.05, 3.63) is 95.1 Å². The molecule has 1 N–H and O–H groups in total. The van der Waals surface area contributed by atoms with Crippen molar-refractivity contribution in [1.82, 2.24) is 4.90 Å². The topological polar surface area (TPSA) is 82.8 Å². The van der Waals surface area contributed by atoms with E-state index in [0.29, 0.717) is 26.1 Å². The maximum atomic E-state index is 13.5. The van der Waals surface area contributed by atoms with Crippen LogP contribution in [0.1, 0.15) is 53.9 Å². The van der Waals surface area contributed by atoms with Gasteiger partial charge in [-0.1, -0.05) is 72.8 Å². The Labute approximate surface area is 222 Å². The third-order valence-electron chi connectivity index (χ3n) is 9.04. The van der Waals surface area contributed by atoms with Crippen molar-refractivity contribution >= 4 is 6.09 Å². The molecule has 1 amide bonds. The number of carbonyl (C=O) groups is 1. The molecule has 2 atom stereocenters. The number of benzene rings is 3. The fraction of sp³-hybridized carbons (Fsp3) is 0.375. The van der Waals surface area contributed by atoms with Crippen LogP contribution in [-0.2, 0) is 20.5 Å². The molecule has 38 heavy (non-hydrogen) atoms. The van der Waals surface area contributed by atoms with E-state index in [0.717, 1.165) is 24.0 Å². The first kappa shape index (κ1) is 23.5. The number of nitrogens with zero attached hydrogens (tertiary/aromatic N) is 2. The Bertz CT molecular complexity index is 1380. The number of nitriles is 1. The van der Waals surface area contributed by atoms with E-state index >= 15 is 0 Å². The van der Waals surface area contributed by atoms with Crippen molar-refractivity contribution in [2.45, 2.75) is 54.7 Å². The quantitative estimate of drug-likeness (QED) is 0.523. The standard InChI is InChI=1S/C32H30N2O4/c33-20-31(13-14-31)21-9-11-22(12-10-21)32(36)15-23-17-37-18-24(16-32)34(23)30(35)38-19-29-27-7-3-1-5-25(27)26-6-2-4-8-28(26)29/h1-12,23-24,29,36H,13-19H2. The monoisotopic (exact) mass is 506 g/mol. The zero-order valence-corrected chi connectivity index (χ0v) is 21.2. The van der Waals surface area contributed by atoms with Crippen LogP contribution in [0.3, 0.4) is 0 Å². The van der Waals surface area contributed by atoms with Gasteiger partial charge in [-0.25, -0.2) is 4.79 Å². The molecule has 3 aromatic rings. The van der Waals surface area contributed by atoms with Gasteiger partial charge in [0.15, 0.2) is 0 Å². The maximum absolute atomic E-state index is 13.5. The Morgan fingerprint density at radius 2 is 1.47 bits per heavy atom. The second-order valence-electron chi connectivity index (χ2n) is 11.3. The molecule has 3 aromatic carbocycles. The predicted molar refractivity (Wildman–Crippen MR) is 141 cm³/mol. The van der Waals surface area contributed by atoms with Gasteiger partial charge in [0.25, 0.3) is 0 Å². The second kappa shape index (κ2) is 8.69. The summed E-state index contributed by atoms with van der Waals surface area (Å²) < 4.78 is 11.8. The lowest BCUT2D eigenvalue weighted by Gasteiger charge is -2.51. The first-order valence-electron chi connectivity index (χ1n) is 13.5. The summed E-state index contributed by atoms with van der Waals surface area (Å²) in [7, 11) is 0. The summed E-state index contributed by atoms with van der Waals surface area (Å²) >= 11 is 0. The van der Waals surface area contributed by atoms with E-state index in [1.165, 1.54) is 22.3 Å². The van der Waals surface area contributed by atoms with E-state index in [1.54, 1.807) is 4.90 Å². The third-order valence-corrected chi connectivity index (χ3v) is 9.04. The van der Waals surface area contributed by atoms with Gasteiger partial charge in [0.2, 0.25) is 0 Å². The normalized spacial score (nSPS) is 26.7. The highest BCUT2D eigenvalue weighted by molar-refractivity contribution is 5.79. The van der Waals surface area contributed by atoms with Gasteiger partial charge >= 0.3 is 6.09 Å². The minimum Gasteiger partial charge on any atom is -0.448 e. The molecule has 2 unspecified atom stereocenters. The van der Waals surface area contributed by atoms with Crippen LogP contribution in [0.4, 0.5) is 4.79 Å². The molecule has 2 heterocycles. The molecule has 2 aliphatic heterocycles. The van der Waals surface area contributed by atoms with Crippen LogP contribution >= 0.6 is 0 Å². The van der Waals surface area contributed by atoms with Gasteiger partial charge in [-0.15, -0.1) is 0 Å². The molecule has 6 heteroatoms. The predicted octanol–water partition coefficient (Wildman–Crippen LogP) is 5.24. The number of hydrogen-bond acceptors (Lipinski definition) is 5. The highest BCUT2D eigenvalue weighted by atomic mass is 16.6. The van der Waals surface area contributed by atoms with Crippen molar-refractivity contribution in [3.8, 4) is 17.2 Å². The average Bonchev–Trinajstić information content (AvgIpc) is 3.68.